The van der Waals surface area contributed by atoms with Crippen LogP contribution in [0.25, 0.3) is 22.2 Å². The van der Waals surface area contributed by atoms with Gasteiger partial charge in [-0.2, -0.15) is 0 Å². The van der Waals surface area contributed by atoms with Crippen LogP contribution in [0.1, 0.15) is 17.4 Å². The number of pyridine rings is 1. The molecule has 2 aromatic carbocycles. The number of hydrogen-bond donors (Lipinski definition) is 0. The monoisotopic (exact) mass is 406 g/mol. The van der Waals surface area contributed by atoms with Crippen LogP contribution in [0.15, 0.2) is 83.9 Å². The quantitative estimate of drug-likeness (QED) is 0.466. The molecule has 0 bridgehead atoms. The molecule has 0 atom stereocenters. The second kappa shape index (κ2) is 7.52. The first kappa shape index (κ1) is 18.9. The molecule has 2 aromatic heterocycles. The van der Waals surface area contributed by atoms with Crippen LogP contribution in [-0.4, -0.2) is 30.0 Å². The van der Waals surface area contributed by atoms with Gasteiger partial charge in [0, 0.05) is 17.1 Å². The molecule has 6 nitrogen and oxygen atoms in total. The second-order valence-electron chi connectivity index (χ2n) is 6.26. The van der Waals surface area contributed by atoms with Crippen molar-refractivity contribution in [3.63, 3.8) is 0 Å². The summed E-state index contributed by atoms with van der Waals surface area (Å²) < 4.78 is 33.4. The Kier molecular flexibility index (Phi) is 4.90. The third-order valence-corrected chi connectivity index (χ3v) is 6.23. The molecule has 4 rings (SSSR count). The molecular weight excluding hydrogens is 388 g/mol. The predicted molar refractivity (Wildman–Crippen MR) is 110 cm³/mol. The van der Waals surface area contributed by atoms with Crippen molar-refractivity contribution in [3.8, 4) is 11.3 Å². The molecule has 0 aliphatic heterocycles. The zero-order valence-corrected chi connectivity index (χ0v) is 16.5. The Hall–Kier alpha value is -3.45. The van der Waals surface area contributed by atoms with Crippen molar-refractivity contribution in [2.45, 2.75) is 11.8 Å². The number of nitrogens with zero attached hydrogens (tertiary/aromatic N) is 2. The van der Waals surface area contributed by atoms with Gasteiger partial charge in [-0.3, -0.25) is 4.98 Å². The lowest BCUT2D eigenvalue weighted by Gasteiger charge is -2.12. The number of esters is 1. The fourth-order valence-corrected chi connectivity index (χ4v) is 4.85. The first-order valence-corrected chi connectivity index (χ1v) is 10.5. The summed E-state index contributed by atoms with van der Waals surface area (Å²) in [4.78, 5) is 17.4. The van der Waals surface area contributed by atoms with E-state index < -0.39 is 16.0 Å². The van der Waals surface area contributed by atoms with Gasteiger partial charge in [0.25, 0.3) is 10.0 Å². The lowest BCUT2D eigenvalue weighted by Crippen LogP contribution is -2.20. The van der Waals surface area contributed by atoms with Crippen molar-refractivity contribution in [3.05, 3.63) is 84.7 Å². The van der Waals surface area contributed by atoms with Crippen molar-refractivity contribution >= 4 is 26.9 Å². The van der Waals surface area contributed by atoms with E-state index in [2.05, 4.69) is 4.98 Å². The van der Waals surface area contributed by atoms with E-state index in [-0.39, 0.29) is 17.2 Å². The van der Waals surface area contributed by atoms with Crippen LogP contribution < -0.4 is 0 Å². The van der Waals surface area contributed by atoms with E-state index in [0.717, 1.165) is 3.97 Å². The molecule has 0 N–H and O–H groups in total. The van der Waals surface area contributed by atoms with Gasteiger partial charge in [0.1, 0.15) is 0 Å². The fourth-order valence-electron chi connectivity index (χ4n) is 3.31. The number of hydrogen-bond acceptors (Lipinski definition) is 5. The van der Waals surface area contributed by atoms with Crippen molar-refractivity contribution in [1.82, 2.24) is 8.96 Å². The number of fused-ring (bicyclic) bond motifs is 1. The van der Waals surface area contributed by atoms with E-state index in [4.69, 9.17) is 4.74 Å². The zero-order valence-electron chi connectivity index (χ0n) is 15.6. The largest absolute Gasteiger partial charge is 0.461 e. The molecule has 0 spiro atoms. The number of benzene rings is 2. The normalized spacial score (nSPS) is 11.5. The summed E-state index contributed by atoms with van der Waals surface area (Å²) in [5.74, 6) is -0.719. The number of aromatic nitrogens is 2. The molecule has 29 heavy (non-hydrogen) atoms. The molecule has 0 fully saturated rings. The molecule has 0 aliphatic carbocycles. The third kappa shape index (κ3) is 3.19. The van der Waals surface area contributed by atoms with Crippen molar-refractivity contribution < 1.29 is 17.9 Å². The third-order valence-electron chi connectivity index (χ3n) is 4.50. The number of para-hydroxylation sites is 1. The molecule has 0 aliphatic rings. The van der Waals surface area contributed by atoms with Crippen molar-refractivity contribution in [2.75, 3.05) is 6.61 Å². The fraction of sp³-hybridized carbons (Fsp3) is 0.0909. The maximum absolute atomic E-state index is 13.6. The zero-order chi connectivity index (χ0) is 20.4. The smallest absolute Gasteiger partial charge is 0.356 e. The highest BCUT2D eigenvalue weighted by Crippen LogP contribution is 2.36. The van der Waals surface area contributed by atoms with E-state index in [1.54, 1.807) is 73.8 Å². The standard InChI is InChI=1S/C22H18N2O4S/c1-2-28-22(25)21-20(18-13-8-9-15-23-18)17-12-6-7-14-19(17)24(21)29(26,27)16-10-4-3-5-11-16/h3-15H,2H2,1H3. The van der Waals surface area contributed by atoms with E-state index >= 15 is 0 Å². The van der Waals surface area contributed by atoms with Gasteiger partial charge in [-0.25, -0.2) is 17.2 Å². The summed E-state index contributed by atoms with van der Waals surface area (Å²) in [5, 5.41) is 0.605. The molecule has 0 saturated carbocycles. The number of ether oxygens (including phenoxy) is 1. The van der Waals surface area contributed by atoms with Crippen LogP contribution in [0.5, 0.6) is 0 Å². The minimum atomic E-state index is -4.06. The van der Waals surface area contributed by atoms with Gasteiger partial charge in [-0.15, -0.1) is 0 Å². The molecule has 0 unspecified atom stereocenters. The summed E-state index contributed by atoms with van der Waals surface area (Å²) in [5.41, 5.74) is 1.25. The minimum Gasteiger partial charge on any atom is -0.461 e. The lowest BCUT2D eigenvalue weighted by molar-refractivity contribution is 0.0519. The average molecular weight is 406 g/mol. The Balaban J connectivity index is 2.15. The Bertz CT molecular complexity index is 1280. The highest BCUT2D eigenvalue weighted by molar-refractivity contribution is 7.90. The summed E-state index contributed by atoms with van der Waals surface area (Å²) in [7, 11) is -4.06. The molecule has 0 amide bonds. The van der Waals surface area contributed by atoms with Gasteiger partial charge in [-0.1, -0.05) is 42.5 Å². The van der Waals surface area contributed by atoms with Crippen LogP contribution in [0, 0.1) is 0 Å². The maximum Gasteiger partial charge on any atom is 0.356 e. The Morgan fingerprint density at radius 2 is 1.66 bits per heavy atom. The Morgan fingerprint density at radius 3 is 2.34 bits per heavy atom. The summed E-state index contributed by atoms with van der Waals surface area (Å²) in [6, 6.07) is 20.3. The number of rotatable bonds is 5. The maximum atomic E-state index is 13.6. The van der Waals surface area contributed by atoms with Gasteiger partial charge in [0.05, 0.1) is 22.7 Å². The molecule has 146 valence electrons. The van der Waals surface area contributed by atoms with Gasteiger partial charge in [0.2, 0.25) is 0 Å². The summed E-state index contributed by atoms with van der Waals surface area (Å²) >= 11 is 0. The number of carbonyl (C=O) groups is 1. The highest BCUT2D eigenvalue weighted by Gasteiger charge is 2.32. The second-order valence-corrected chi connectivity index (χ2v) is 8.05. The van der Waals surface area contributed by atoms with Crippen LogP contribution in [-0.2, 0) is 14.8 Å². The lowest BCUT2D eigenvalue weighted by atomic mass is 10.1. The van der Waals surface area contributed by atoms with Crippen LogP contribution in [0.3, 0.4) is 0 Å². The van der Waals surface area contributed by atoms with Crippen LogP contribution in [0.4, 0.5) is 0 Å². The van der Waals surface area contributed by atoms with E-state index in [9.17, 15) is 13.2 Å². The van der Waals surface area contributed by atoms with Gasteiger partial charge in [-0.05, 0) is 37.3 Å². The molecule has 0 saturated heterocycles. The highest BCUT2D eigenvalue weighted by atomic mass is 32.2. The predicted octanol–water partition coefficient (Wildman–Crippen LogP) is 4.12. The van der Waals surface area contributed by atoms with E-state index in [1.165, 1.54) is 12.1 Å². The first-order chi connectivity index (χ1) is 14.1. The summed E-state index contributed by atoms with van der Waals surface area (Å²) in [6.45, 7) is 1.80. The Morgan fingerprint density at radius 1 is 0.966 bits per heavy atom. The van der Waals surface area contributed by atoms with Crippen molar-refractivity contribution in [2.24, 2.45) is 0 Å². The first-order valence-electron chi connectivity index (χ1n) is 9.08. The molecule has 2 heterocycles. The number of carbonyl (C=O) groups excluding carboxylic acids is 1. The van der Waals surface area contributed by atoms with Crippen LogP contribution in [0.2, 0.25) is 0 Å². The SMILES string of the molecule is CCOC(=O)c1c(-c2ccccn2)c2ccccc2n1S(=O)(=O)c1ccccc1. The van der Waals surface area contributed by atoms with Gasteiger partial charge >= 0.3 is 5.97 Å². The van der Waals surface area contributed by atoms with Crippen LogP contribution >= 0.6 is 0 Å². The van der Waals surface area contributed by atoms with E-state index in [1.807, 2.05) is 0 Å². The summed E-state index contributed by atoms with van der Waals surface area (Å²) in [6.07, 6.45) is 1.60. The van der Waals surface area contributed by atoms with Gasteiger partial charge in [0.15, 0.2) is 5.69 Å². The van der Waals surface area contributed by atoms with Crippen molar-refractivity contribution in [1.29, 1.82) is 0 Å². The molecule has 4 aromatic rings. The Labute approximate surface area is 168 Å². The minimum absolute atomic E-state index is 0.0596. The van der Waals surface area contributed by atoms with E-state index in [0.29, 0.717) is 22.2 Å². The topological polar surface area (TPSA) is 78.3 Å². The molecule has 7 heteroatoms. The van der Waals surface area contributed by atoms with Gasteiger partial charge < -0.3 is 4.74 Å². The average Bonchev–Trinajstić information content (AvgIpc) is 3.11. The molecule has 0 radical (unpaired) electrons. The molecular formula is C22H18N2O4S.